The Morgan fingerprint density at radius 3 is 1.28 bits per heavy atom. The molecule has 0 heterocycles. The molecule has 0 spiro atoms. The van der Waals surface area contributed by atoms with Crippen molar-refractivity contribution in [3.8, 4) is 0 Å². The van der Waals surface area contributed by atoms with Crippen LogP contribution in [-0.4, -0.2) is 67.8 Å². The number of nitro groups is 2. The van der Waals surface area contributed by atoms with Crippen molar-refractivity contribution in [2.75, 3.05) is 0 Å². The molecule has 0 aromatic heterocycles. The minimum absolute atomic E-state index is 0. The van der Waals surface area contributed by atoms with Crippen molar-refractivity contribution >= 4 is 92.5 Å². The van der Waals surface area contributed by atoms with Crippen molar-refractivity contribution in [2.24, 2.45) is 11.8 Å². The maximum Gasteiger partial charge on any atom is 2.00 e. The fourth-order valence-electron chi connectivity index (χ4n) is 3.26. The van der Waals surface area contributed by atoms with Gasteiger partial charge in [-0.1, -0.05) is 50.9 Å². The number of benzene rings is 2. The Bertz CT molecular complexity index is 1450. The molecule has 0 radical (unpaired) electrons. The number of Topliss-reactive ketones (excluding diaryl/α,β-unsaturated/α-hetero) is 4. The van der Waals surface area contributed by atoms with Gasteiger partial charge in [0.15, 0.2) is 11.6 Å². The van der Waals surface area contributed by atoms with Crippen LogP contribution < -0.4 is 0 Å². The van der Waals surface area contributed by atoms with Crippen LogP contribution in [-0.2, 0) is 9.59 Å². The number of halogens is 2. The van der Waals surface area contributed by atoms with Gasteiger partial charge in [0.1, 0.15) is 11.1 Å². The van der Waals surface area contributed by atoms with E-state index in [0.717, 1.165) is 24.3 Å². The van der Waals surface area contributed by atoms with Crippen LogP contribution in [0, 0.1) is 32.1 Å². The van der Waals surface area contributed by atoms with Crippen LogP contribution in [0.2, 0.25) is 10.0 Å². The summed E-state index contributed by atoms with van der Waals surface area (Å²) in [5.41, 5.74) is -2.91. The van der Waals surface area contributed by atoms with Crippen molar-refractivity contribution in [1.29, 1.82) is 0 Å². The van der Waals surface area contributed by atoms with Crippen LogP contribution in [0.25, 0.3) is 10.8 Å². The molecule has 0 bridgehead atoms. The second-order valence-corrected chi connectivity index (χ2v) is 9.69. The van der Waals surface area contributed by atoms with Crippen LogP contribution in [0.5, 0.6) is 0 Å². The van der Waals surface area contributed by atoms with Crippen molar-refractivity contribution < 1.29 is 29.0 Å². The molecule has 0 saturated heterocycles. The van der Waals surface area contributed by atoms with Gasteiger partial charge in [-0.25, -0.2) is 0 Å². The average molecular weight is 640 g/mol. The fraction of sp³-hybridized carbons (Fsp3) is 0.286. The molecule has 43 heavy (non-hydrogen) atoms. The Balaban J connectivity index is 0.000000802. The summed E-state index contributed by atoms with van der Waals surface area (Å²) in [6.45, 7) is 6.66. The van der Waals surface area contributed by atoms with E-state index in [9.17, 15) is 39.4 Å². The summed E-state index contributed by atoms with van der Waals surface area (Å²) in [6.07, 6.45) is 0.917. The number of hydrogen-bond donors (Lipinski definition) is 0. The zero-order chi connectivity index (χ0) is 32.3. The normalized spacial score (nSPS) is 11.1. The van der Waals surface area contributed by atoms with Gasteiger partial charge in [-0.3, -0.25) is 51.1 Å². The number of ketones is 4. The minimum atomic E-state index is -0.953. The molecule has 2 unspecified atom stereocenters. The van der Waals surface area contributed by atoms with E-state index in [-0.39, 0.29) is 44.2 Å². The molecule has 12 nitrogen and oxygen atoms in total. The average Bonchev–Trinajstić information content (AvgIpc) is 2.96. The molecule has 2 atom stereocenters. The third kappa shape index (κ3) is 10.1. The van der Waals surface area contributed by atoms with Crippen molar-refractivity contribution in [3.63, 3.8) is 0 Å². The van der Waals surface area contributed by atoms with Gasteiger partial charge < -0.3 is 10.8 Å². The SMILES string of the molecule is CCC(C)C(=O)C(=C=[N-])C(=O)c1ccc(Cl)cc1[N+](=O)[O-].CCC(C)C(=O)C(=C=[N-])C(=O)c1ccc(Cl)cc1[N+](=O)[O-].[Mg+2]. The first kappa shape index (κ1) is 39.2. The Hall–Kier alpha value is -3.83. The summed E-state index contributed by atoms with van der Waals surface area (Å²) >= 11 is 11.3. The zero-order valence-corrected chi connectivity index (χ0v) is 26.5. The molecule has 0 saturated carbocycles. The summed E-state index contributed by atoms with van der Waals surface area (Å²) in [7, 11) is 0. The van der Waals surface area contributed by atoms with E-state index in [1.807, 2.05) is 0 Å². The van der Waals surface area contributed by atoms with E-state index >= 15 is 0 Å². The van der Waals surface area contributed by atoms with Crippen LogP contribution in [0.1, 0.15) is 61.3 Å². The molecule has 0 amide bonds. The quantitative estimate of drug-likeness (QED) is 0.0391. The first-order chi connectivity index (χ1) is 19.7. The molecule has 0 aliphatic heterocycles. The van der Waals surface area contributed by atoms with Crippen LogP contribution in [0.3, 0.4) is 0 Å². The van der Waals surface area contributed by atoms with E-state index in [1.165, 1.54) is 12.1 Å². The van der Waals surface area contributed by atoms with E-state index in [4.69, 9.17) is 34.0 Å². The Morgan fingerprint density at radius 2 is 1.05 bits per heavy atom. The second-order valence-electron chi connectivity index (χ2n) is 8.82. The van der Waals surface area contributed by atoms with E-state index < -0.39 is 67.3 Å². The monoisotopic (exact) mass is 638 g/mol. The van der Waals surface area contributed by atoms with Crippen LogP contribution >= 0.6 is 23.2 Å². The Labute approximate surface area is 272 Å². The summed E-state index contributed by atoms with van der Waals surface area (Å²) in [6, 6.07) is 6.90. The molecule has 0 aliphatic rings. The number of hydrogen-bond acceptors (Lipinski definition) is 8. The maximum atomic E-state index is 12.2. The molecule has 0 aliphatic carbocycles. The third-order valence-corrected chi connectivity index (χ3v) is 6.56. The van der Waals surface area contributed by atoms with Gasteiger partial charge in [0.2, 0.25) is 11.6 Å². The van der Waals surface area contributed by atoms with E-state index in [1.54, 1.807) is 39.4 Å². The molecule has 15 heteroatoms. The first-order valence-corrected chi connectivity index (χ1v) is 13.0. The molecular formula is C28H24Cl2MgN4O8. The smallest absolute Gasteiger partial charge is 0.763 e. The molecule has 0 N–H and O–H groups in total. The van der Waals surface area contributed by atoms with Gasteiger partial charge in [-0.15, -0.1) is 0 Å². The van der Waals surface area contributed by atoms with Crippen molar-refractivity contribution in [3.05, 3.63) is 99.8 Å². The summed E-state index contributed by atoms with van der Waals surface area (Å²) in [4.78, 5) is 68.9. The van der Waals surface area contributed by atoms with Crippen LogP contribution in [0.15, 0.2) is 47.5 Å². The van der Waals surface area contributed by atoms with Gasteiger partial charge in [0, 0.05) is 34.0 Å². The number of carbonyl (C=O) groups excluding carboxylic acids is 4. The molecule has 2 rings (SSSR count). The molecule has 2 aromatic rings. The topological polar surface area (TPSA) is 199 Å². The predicted octanol–water partition coefficient (Wildman–Crippen LogP) is 6.04. The van der Waals surface area contributed by atoms with Gasteiger partial charge in [0.05, 0.1) is 21.0 Å². The van der Waals surface area contributed by atoms with Crippen LogP contribution in [0.4, 0.5) is 11.4 Å². The zero-order valence-electron chi connectivity index (χ0n) is 23.6. The van der Waals surface area contributed by atoms with Crippen molar-refractivity contribution in [1.82, 2.24) is 0 Å². The van der Waals surface area contributed by atoms with E-state index in [2.05, 4.69) is 0 Å². The number of nitro benzene ring substituents is 2. The largest absolute Gasteiger partial charge is 2.00 e. The fourth-order valence-corrected chi connectivity index (χ4v) is 3.60. The standard InChI is InChI=1S/2C14H12ClN2O4.Mg/c2*1-3-8(2)13(18)11(7-16)14(19)10-5-4-9(15)6-12(10)17(20)21;/h2*4-6,8H,3H2,1-2H3;/q2*-1;+2. The number of carbonyl (C=O) groups is 4. The molecular weight excluding hydrogens is 616 g/mol. The van der Waals surface area contributed by atoms with Gasteiger partial charge in [-0.2, -0.15) is 0 Å². The first-order valence-electron chi connectivity index (χ1n) is 12.3. The second kappa shape index (κ2) is 18.0. The van der Waals surface area contributed by atoms with Crippen molar-refractivity contribution in [2.45, 2.75) is 40.5 Å². The predicted molar refractivity (Wildman–Crippen MR) is 163 cm³/mol. The summed E-state index contributed by atoms with van der Waals surface area (Å²) < 4.78 is 0. The van der Waals surface area contributed by atoms with Gasteiger partial charge in [-0.05, 0) is 37.1 Å². The number of allylic oxidation sites excluding steroid dienone is 2. The Kier molecular flexibility index (Phi) is 16.4. The Morgan fingerprint density at radius 1 is 0.744 bits per heavy atom. The molecule has 2 aromatic carbocycles. The van der Waals surface area contributed by atoms with Gasteiger partial charge >= 0.3 is 23.1 Å². The van der Waals surface area contributed by atoms with E-state index in [0.29, 0.717) is 12.8 Å². The maximum absolute atomic E-state index is 12.2. The number of rotatable bonds is 12. The summed E-state index contributed by atoms with van der Waals surface area (Å²) in [5.74, 6) is -1.03. The minimum Gasteiger partial charge on any atom is -0.763 e. The third-order valence-electron chi connectivity index (χ3n) is 6.09. The molecule has 220 valence electrons. The summed E-state index contributed by atoms with van der Waals surface area (Å²) in [5, 5.41) is 40.2. The molecule has 0 fully saturated rings. The van der Waals surface area contributed by atoms with Gasteiger partial charge in [0.25, 0.3) is 11.4 Å². The number of nitrogens with zero attached hydrogens (tertiary/aromatic N) is 4.